The Balaban J connectivity index is 1.69. The molecule has 1 aromatic heterocycles. The van der Waals surface area contributed by atoms with Gasteiger partial charge in [0.05, 0.1) is 19.0 Å². The summed E-state index contributed by atoms with van der Waals surface area (Å²) in [6.07, 6.45) is 4.42. The summed E-state index contributed by atoms with van der Waals surface area (Å²) in [5.41, 5.74) is 3.37. The SMILES string of the molecule is COc1cccc(-c2[nH]ncc2CN[C@H]2CCCN(C)C2)c1. The van der Waals surface area contributed by atoms with Gasteiger partial charge in [0, 0.05) is 30.3 Å². The van der Waals surface area contributed by atoms with E-state index in [1.165, 1.54) is 24.9 Å². The monoisotopic (exact) mass is 300 g/mol. The van der Waals surface area contributed by atoms with Gasteiger partial charge in [-0.2, -0.15) is 5.10 Å². The van der Waals surface area contributed by atoms with Gasteiger partial charge >= 0.3 is 0 Å². The van der Waals surface area contributed by atoms with Crippen LogP contribution in [0.5, 0.6) is 5.75 Å². The Morgan fingerprint density at radius 3 is 3.18 bits per heavy atom. The minimum absolute atomic E-state index is 0.562. The molecule has 2 N–H and O–H groups in total. The highest BCUT2D eigenvalue weighted by Crippen LogP contribution is 2.25. The van der Waals surface area contributed by atoms with E-state index in [9.17, 15) is 0 Å². The fourth-order valence-corrected chi connectivity index (χ4v) is 3.06. The van der Waals surface area contributed by atoms with Gasteiger partial charge in [0.15, 0.2) is 0 Å². The molecule has 1 saturated heterocycles. The predicted molar refractivity (Wildman–Crippen MR) is 87.9 cm³/mol. The molecule has 1 fully saturated rings. The van der Waals surface area contributed by atoms with Gasteiger partial charge in [0.25, 0.3) is 0 Å². The number of hydrogen-bond acceptors (Lipinski definition) is 4. The molecule has 3 rings (SSSR count). The molecule has 0 spiro atoms. The fourth-order valence-electron chi connectivity index (χ4n) is 3.06. The molecule has 0 amide bonds. The Morgan fingerprint density at radius 1 is 1.45 bits per heavy atom. The molecule has 118 valence electrons. The molecule has 1 aliphatic heterocycles. The van der Waals surface area contributed by atoms with Crippen LogP contribution in [0.2, 0.25) is 0 Å². The van der Waals surface area contributed by atoms with Crippen LogP contribution in [-0.2, 0) is 6.54 Å². The van der Waals surface area contributed by atoms with E-state index in [1.807, 2.05) is 24.4 Å². The summed E-state index contributed by atoms with van der Waals surface area (Å²) in [6.45, 7) is 3.16. The molecule has 5 nitrogen and oxygen atoms in total. The van der Waals surface area contributed by atoms with E-state index in [2.05, 4.69) is 33.5 Å². The van der Waals surface area contributed by atoms with Crippen molar-refractivity contribution in [2.45, 2.75) is 25.4 Å². The maximum atomic E-state index is 5.30. The average Bonchev–Trinajstić information content (AvgIpc) is 3.01. The molecular formula is C17H24N4O. The Hall–Kier alpha value is -1.85. The Kier molecular flexibility index (Phi) is 4.75. The molecule has 2 heterocycles. The minimum atomic E-state index is 0.562. The lowest BCUT2D eigenvalue weighted by Gasteiger charge is -2.30. The first-order valence-electron chi connectivity index (χ1n) is 7.85. The highest BCUT2D eigenvalue weighted by Gasteiger charge is 2.17. The van der Waals surface area contributed by atoms with Gasteiger partial charge in [0.1, 0.15) is 5.75 Å². The standard InChI is InChI=1S/C17H24N4O/c1-21-8-4-6-15(12-21)18-10-14-11-19-20-17(14)13-5-3-7-16(9-13)22-2/h3,5,7,9,11,15,18H,4,6,8,10,12H2,1-2H3,(H,19,20)/t15-/m0/s1. The molecule has 1 aromatic carbocycles. The number of likely N-dealkylation sites (tertiary alicyclic amines) is 1. The Bertz CT molecular complexity index is 610. The highest BCUT2D eigenvalue weighted by atomic mass is 16.5. The van der Waals surface area contributed by atoms with Gasteiger partial charge in [-0.3, -0.25) is 5.10 Å². The first kappa shape index (κ1) is 15.1. The number of piperidine rings is 1. The summed E-state index contributed by atoms with van der Waals surface area (Å²) >= 11 is 0. The van der Waals surface area contributed by atoms with Crippen LogP contribution >= 0.6 is 0 Å². The third-order valence-corrected chi connectivity index (χ3v) is 4.28. The number of benzene rings is 1. The molecule has 0 bridgehead atoms. The van der Waals surface area contributed by atoms with Crippen LogP contribution in [0.1, 0.15) is 18.4 Å². The molecule has 1 aliphatic rings. The smallest absolute Gasteiger partial charge is 0.119 e. The number of H-pyrrole nitrogens is 1. The van der Waals surface area contributed by atoms with E-state index in [4.69, 9.17) is 4.74 Å². The zero-order valence-corrected chi connectivity index (χ0v) is 13.3. The average molecular weight is 300 g/mol. The van der Waals surface area contributed by atoms with Crippen LogP contribution in [0, 0.1) is 0 Å². The number of methoxy groups -OCH3 is 1. The third kappa shape index (κ3) is 3.48. The van der Waals surface area contributed by atoms with Crippen molar-refractivity contribution in [1.29, 1.82) is 0 Å². The van der Waals surface area contributed by atoms with Crippen molar-refractivity contribution in [3.05, 3.63) is 36.0 Å². The van der Waals surface area contributed by atoms with Crippen LogP contribution < -0.4 is 10.1 Å². The minimum Gasteiger partial charge on any atom is -0.497 e. The number of hydrogen-bond donors (Lipinski definition) is 2. The highest BCUT2D eigenvalue weighted by molar-refractivity contribution is 5.64. The van der Waals surface area contributed by atoms with Gasteiger partial charge in [-0.05, 0) is 38.6 Å². The number of likely N-dealkylation sites (N-methyl/N-ethyl adjacent to an activating group) is 1. The summed E-state index contributed by atoms with van der Waals surface area (Å²) in [6, 6.07) is 8.63. The topological polar surface area (TPSA) is 53.2 Å². The second-order valence-corrected chi connectivity index (χ2v) is 5.98. The lowest BCUT2D eigenvalue weighted by Crippen LogP contribution is -2.43. The van der Waals surface area contributed by atoms with E-state index in [-0.39, 0.29) is 0 Å². The normalized spacial score (nSPS) is 19.3. The molecule has 22 heavy (non-hydrogen) atoms. The van der Waals surface area contributed by atoms with Crippen molar-refractivity contribution in [3.63, 3.8) is 0 Å². The van der Waals surface area contributed by atoms with Crippen molar-refractivity contribution in [1.82, 2.24) is 20.4 Å². The van der Waals surface area contributed by atoms with Crippen molar-refractivity contribution >= 4 is 0 Å². The number of nitrogens with one attached hydrogen (secondary N) is 2. The molecule has 5 heteroatoms. The second kappa shape index (κ2) is 6.94. The predicted octanol–water partition coefficient (Wildman–Crippen LogP) is 2.27. The maximum Gasteiger partial charge on any atom is 0.119 e. The van der Waals surface area contributed by atoms with Gasteiger partial charge in [-0.25, -0.2) is 0 Å². The summed E-state index contributed by atoms with van der Waals surface area (Å²) in [5, 5.41) is 11.0. The molecule has 0 aliphatic carbocycles. The lowest BCUT2D eigenvalue weighted by molar-refractivity contribution is 0.226. The maximum absolute atomic E-state index is 5.30. The first-order valence-corrected chi connectivity index (χ1v) is 7.85. The third-order valence-electron chi connectivity index (χ3n) is 4.28. The van der Waals surface area contributed by atoms with Crippen LogP contribution in [0.4, 0.5) is 0 Å². The van der Waals surface area contributed by atoms with Gasteiger partial charge in [-0.1, -0.05) is 12.1 Å². The molecule has 0 radical (unpaired) electrons. The van der Waals surface area contributed by atoms with Crippen LogP contribution in [0.3, 0.4) is 0 Å². The van der Waals surface area contributed by atoms with Gasteiger partial charge in [-0.15, -0.1) is 0 Å². The quantitative estimate of drug-likeness (QED) is 0.889. The summed E-state index contributed by atoms with van der Waals surface area (Å²) < 4.78 is 5.30. The van der Waals surface area contributed by atoms with E-state index in [0.29, 0.717) is 6.04 Å². The van der Waals surface area contributed by atoms with Gasteiger partial charge < -0.3 is 15.0 Å². The number of aromatic amines is 1. The van der Waals surface area contributed by atoms with Crippen molar-refractivity contribution in [2.24, 2.45) is 0 Å². The number of nitrogens with zero attached hydrogens (tertiary/aromatic N) is 2. The van der Waals surface area contributed by atoms with E-state index in [0.717, 1.165) is 30.1 Å². The van der Waals surface area contributed by atoms with E-state index in [1.54, 1.807) is 7.11 Å². The van der Waals surface area contributed by atoms with Crippen molar-refractivity contribution in [3.8, 4) is 17.0 Å². The van der Waals surface area contributed by atoms with E-state index < -0.39 is 0 Å². The summed E-state index contributed by atoms with van der Waals surface area (Å²) in [7, 11) is 3.88. The Morgan fingerprint density at radius 2 is 2.36 bits per heavy atom. The van der Waals surface area contributed by atoms with Gasteiger partial charge in [0.2, 0.25) is 0 Å². The molecule has 2 aromatic rings. The number of ether oxygens (including phenoxy) is 1. The fraction of sp³-hybridized carbons (Fsp3) is 0.471. The lowest BCUT2D eigenvalue weighted by atomic mass is 10.0. The molecule has 0 unspecified atom stereocenters. The first-order chi connectivity index (χ1) is 10.8. The summed E-state index contributed by atoms with van der Waals surface area (Å²) in [5.74, 6) is 0.861. The molecule has 1 atom stereocenters. The molecular weight excluding hydrogens is 276 g/mol. The second-order valence-electron chi connectivity index (χ2n) is 5.98. The zero-order chi connectivity index (χ0) is 15.4. The van der Waals surface area contributed by atoms with Crippen LogP contribution in [0.25, 0.3) is 11.3 Å². The number of aromatic nitrogens is 2. The largest absolute Gasteiger partial charge is 0.497 e. The Labute approximate surface area is 131 Å². The van der Waals surface area contributed by atoms with E-state index >= 15 is 0 Å². The van der Waals surface area contributed by atoms with Crippen molar-refractivity contribution in [2.75, 3.05) is 27.2 Å². The van der Waals surface area contributed by atoms with Crippen LogP contribution in [-0.4, -0.2) is 48.4 Å². The number of rotatable bonds is 5. The zero-order valence-electron chi connectivity index (χ0n) is 13.3. The summed E-state index contributed by atoms with van der Waals surface area (Å²) in [4.78, 5) is 2.39. The van der Waals surface area contributed by atoms with Crippen LogP contribution in [0.15, 0.2) is 30.5 Å². The van der Waals surface area contributed by atoms with Crippen molar-refractivity contribution < 1.29 is 4.74 Å². The molecule has 0 saturated carbocycles.